The number of carbonyl (C=O) groups is 1. The van der Waals surface area contributed by atoms with Crippen LogP contribution in [0.4, 0.5) is 13.2 Å². The average Bonchev–Trinajstić information content (AvgIpc) is 2.52. The highest BCUT2D eigenvalue weighted by molar-refractivity contribution is 5.89. The summed E-state index contributed by atoms with van der Waals surface area (Å²) in [5, 5.41) is 9.25. The molecule has 0 heterocycles. The van der Waals surface area contributed by atoms with E-state index in [1.807, 2.05) is 0 Å². The van der Waals surface area contributed by atoms with Crippen LogP contribution in [0.3, 0.4) is 0 Å². The van der Waals surface area contributed by atoms with E-state index in [1.165, 1.54) is 19.1 Å². The lowest BCUT2D eigenvalue weighted by molar-refractivity contribution is -0.274. The maximum absolute atomic E-state index is 12.4. The second kappa shape index (κ2) is 6.90. The zero-order valence-corrected chi connectivity index (χ0v) is 13.9. The van der Waals surface area contributed by atoms with E-state index < -0.39 is 12.3 Å². The minimum absolute atomic E-state index is 0.0589. The third kappa shape index (κ3) is 4.09. The van der Waals surface area contributed by atoms with Crippen LogP contribution in [0.1, 0.15) is 40.2 Å². The van der Waals surface area contributed by atoms with E-state index in [4.69, 9.17) is 4.74 Å². The number of carboxylic acids is 1. The summed E-state index contributed by atoms with van der Waals surface area (Å²) in [7, 11) is 0. The molecule has 0 radical (unpaired) electrons. The molecule has 2 aromatic rings. The molecule has 0 amide bonds. The van der Waals surface area contributed by atoms with Gasteiger partial charge in [-0.15, -0.1) is 13.2 Å². The minimum Gasteiger partial charge on any atom is -0.490 e. The molecule has 1 N–H and O–H groups in total. The first-order valence-corrected chi connectivity index (χ1v) is 8.08. The summed E-state index contributed by atoms with van der Waals surface area (Å²) in [5.74, 6) is -0.909. The molecule has 1 aliphatic rings. The van der Waals surface area contributed by atoms with Crippen LogP contribution in [0.5, 0.6) is 11.5 Å². The zero-order chi connectivity index (χ0) is 18.9. The van der Waals surface area contributed by atoms with Gasteiger partial charge in [0.15, 0.2) is 0 Å². The second-order valence-corrected chi connectivity index (χ2v) is 6.28. The van der Waals surface area contributed by atoms with Crippen molar-refractivity contribution in [3.63, 3.8) is 0 Å². The van der Waals surface area contributed by atoms with Gasteiger partial charge in [0.25, 0.3) is 0 Å². The quantitative estimate of drug-likeness (QED) is 0.816. The molecule has 0 bridgehead atoms. The van der Waals surface area contributed by atoms with Crippen molar-refractivity contribution in [2.75, 3.05) is 0 Å². The van der Waals surface area contributed by atoms with Crippen molar-refractivity contribution in [3.05, 3.63) is 59.2 Å². The molecule has 7 heteroatoms. The lowest BCUT2D eigenvalue weighted by Crippen LogP contribution is -2.33. The standard InChI is InChI=1S/C19H17F3O4/c1-11-6-7-13(10-17(11)26-19(20,21)22)25-14-8-12(9-14)15-4-2-3-5-16(15)18(23)24/h2-7,10,12,14H,8-9H2,1H3,(H,23,24). The van der Waals surface area contributed by atoms with Crippen molar-refractivity contribution in [1.29, 1.82) is 0 Å². The van der Waals surface area contributed by atoms with Crippen molar-refractivity contribution in [3.8, 4) is 11.5 Å². The number of carboxylic acid groups (broad SMARTS) is 1. The number of ether oxygens (including phenoxy) is 2. The smallest absolute Gasteiger partial charge is 0.490 e. The summed E-state index contributed by atoms with van der Waals surface area (Å²) in [5.41, 5.74) is 1.38. The molecule has 1 fully saturated rings. The van der Waals surface area contributed by atoms with Crippen LogP contribution in [0, 0.1) is 6.92 Å². The number of hydrogen-bond acceptors (Lipinski definition) is 3. The Morgan fingerprint density at radius 3 is 2.50 bits per heavy atom. The Morgan fingerprint density at radius 1 is 1.15 bits per heavy atom. The molecular formula is C19H17F3O4. The number of hydrogen-bond donors (Lipinski definition) is 1. The first kappa shape index (κ1) is 18.1. The second-order valence-electron chi connectivity index (χ2n) is 6.28. The maximum atomic E-state index is 12.4. The first-order chi connectivity index (χ1) is 12.2. The van der Waals surface area contributed by atoms with Crippen LogP contribution in [-0.4, -0.2) is 23.5 Å². The van der Waals surface area contributed by atoms with Gasteiger partial charge in [0.05, 0.1) is 11.7 Å². The normalized spacial score (nSPS) is 19.5. The van der Waals surface area contributed by atoms with E-state index in [1.54, 1.807) is 30.3 Å². The van der Waals surface area contributed by atoms with Crippen molar-refractivity contribution in [1.82, 2.24) is 0 Å². The van der Waals surface area contributed by atoms with E-state index in [-0.39, 0.29) is 23.3 Å². The van der Waals surface area contributed by atoms with Gasteiger partial charge in [-0.3, -0.25) is 0 Å². The van der Waals surface area contributed by atoms with Crippen LogP contribution < -0.4 is 9.47 Å². The van der Waals surface area contributed by atoms with Crippen molar-refractivity contribution in [2.24, 2.45) is 0 Å². The summed E-state index contributed by atoms with van der Waals surface area (Å²) in [4.78, 5) is 11.3. The monoisotopic (exact) mass is 366 g/mol. The fourth-order valence-electron chi connectivity index (χ4n) is 3.04. The van der Waals surface area contributed by atoms with Crippen molar-refractivity contribution >= 4 is 5.97 Å². The molecular weight excluding hydrogens is 349 g/mol. The van der Waals surface area contributed by atoms with Crippen molar-refractivity contribution in [2.45, 2.75) is 38.1 Å². The number of aromatic carboxylic acids is 1. The molecule has 138 valence electrons. The van der Waals surface area contributed by atoms with Crippen LogP contribution in [0.15, 0.2) is 42.5 Å². The Labute approximate surface area is 148 Å². The summed E-state index contributed by atoms with van der Waals surface area (Å²) in [6, 6.07) is 11.1. The molecule has 0 spiro atoms. The van der Waals surface area contributed by atoms with Crippen LogP contribution >= 0.6 is 0 Å². The fourth-order valence-corrected chi connectivity index (χ4v) is 3.04. The molecule has 4 nitrogen and oxygen atoms in total. The number of alkyl halides is 3. The van der Waals surface area contributed by atoms with E-state index in [2.05, 4.69) is 4.74 Å². The number of rotatable bonds is 5. The SMILES string of the molecule is Cc1ccc(OC2CC(c3ccccc3C(=O)O)C2)cc1OC(F)(F)F. The van der Waals surface area contributed by atoms with Gasteiger partial charge in [-0.2, -0.15) is 0 Å². The van der Waals surface area contributed by atoms with Crippen LogP contribution in [0.2, 0.25) is 0 Å². The van der Waals surface area contributed by atoms with Gasteiger partial charge in [-0.25, -0.2) is 4.79 Å². The zero-order valence-electron chi connectivity index (χ0n) is 13.9. The molecule has 3 rings (SSSR count). The lowest BCUT2D eigenvalue weighted by Gasteiger charge is -2.36. The van der Waals surface area contributed by atoms with E-state index in [9.17, 15) is 23.1 Å². The Kier molecular flexibility index (Phi) is 4.80. The molecule has 26 heavy (non-hydrogen) atoms. The highest BCUT2D eigenvalue weighted by Crippen LogP contribution is 2.41. The van der Waals surface area contributed by atoms with Crippen LogP contribution in [-0.2, 0) is 0 Å². The number of halogens is 3. The third-order valence-corrected chi connectivity index (χ3v) is 4.41. The van der Waals surface area contributed by atoms with Gasteiger partial charge in [0.1, 0.15) is 11.5 Å². The summed E-state index contributed by atoms with van der Waals surface area (Å²) < 4.78 is 47.0. The van der Waals surface area contributed by atoms with Gasteiger partial charge < -0.3 is 14.6 Å². The molecule has 0 unspecified atom stereocenters. The van der Waals surface area contributed by atoms with Gasteiger partial charge >= 0.3 is 12.3 Å². The van der Waals surface area contributed by atoms with E-state index in [0.29, 0.717) is 24.2 Å². The molecule has 0 aliphatic heterocycles. The van der Waals surface area contributed by atoms with Gasteiger partial charge in [0, 0.05) is 6.07 Å². The third-order valence-electron chi connectivity index (χ3n) is 4.41. The Balaban J connectivity index is 1.65. The highest BCUT2D eigenvalue weighted by Gasteiger charge is 2.35. The molecule has 2 aromatic carbocycles. The number of aryl methyl sites for hydroxylation is 1. The molecule has 0 atom stereocenters. The first-order valence-electron chi connectivity index (χ1n) is 8.08. The number of benzene rings is 2. The van der Waals surface area contributed by atoms with Crippen LogP contribution in [0.25, 0.3) is 0 Å². The van der Waals surface area contributed by atoms with Gasteiger partial charge in [0.2, 0.25) is 0 Å². The largest absolute Gasteiger partial charge is 0.573 e. The van der Waals surface area contributed by atoms with E-state index in [0.717, 1.165) is 5.56 Å². The van der Waals surface area contributed by atoms with Crippen molar-refractivity contribution < 1.29 is 32.5 Å². The van der Waals surface area contributed by atoms with Gasteiger partial charge in [-0.1, -0.05) is 24.3 Å². The van der Waals surface area contributed by atoms with E-state index >= 15 is 0 Å². The molecule has 1 saturated carbocycles. The average molecular weight is 366 g/mol. The predicted molar refractivity (Wildman–Crippen MR) is 87.7 cm³/mol. The minimum atomic E-state index is -4.76. The fraction of sp³-hybridized carbons (Fsp3) is 0.316. The summed E-state index contributed by atoms with van der Waals surface area (Å²) >= 11 is 0. The lowest BCUT2D eigenvalue weighted by atomic mass is 9.76. The predicted octanol–water partition coefficient (Wildman–Crippen LogP) is 4.92. The molecule has 0 saturated heterocycles. The van der Waals surface area contributed by atoms with Gasteiger partial charge in [-0.05, 0) is 48.9 Å². The summed E-state index contributed by atoms with van der Waals surface area (Å²) in [6.07, 6.45) is -3.73. The highest BCUT2D eigenvalue weighted by atomic mass is 19.4. The Hall–Kier alpha value is -2.70. The maximum Gasteiger partial charge on any atom is 0.573 e. The molecule has 0 aromatic heterocycles. The summed E-state index contributed by atoms with van der Waals surface area (Å²) in [6.45, 7) is 1.52. The Morgan fingerprint density at radius 2 is 1.85 bits per heavy atom. The topological polar surface area (TPSA) is 55.8 Å². The molecule has 1 aliphatic carbocycles. The Bertz CT molecular complexity index is 811.